The average Bonchev–Trinajstić information content (AvgIpc) is 3.19. The molecule has 21 heavy (non-hydrogen) atoms. The van der Waals surface area contributed by atoms with Crippen molar-refractivity contribution in [2.75, 3.05) is 0 Å². The van der Waals surface area contributed by atoms with Crippen LogP contribution in [-0.4, -0.2) is 24.8 Å². The molecular formula is C13H9N5OS2. The number of thiophene rings is 1. The smallest absolute Gasteiger partial charge is 0.244 e. The fourth-order valence-corrected chi connectivity index (χ4v) is 3.64. The van der Waals surface area contributed by atoms with Crippen LogP contribution in [0, 0.1) is 0 Å². The van der Waals surface area contributed by atoms with Gasteiger partial charge in [-0.05, 0) is 40.1 Å². The lowest BCUT2D eigenvalue weighted by atomic mass is 10.3. The summed E-state index contributed by atoms with van der Waals surface area (Å²) in [6, 6.07) is 11.6. The zero-order valence-corrected chi connectivity index (χ0v) is 12.3. The maximum Gasteiger partial charge on any atom is 0.369 e. The Kier molecular flexibility index (Phi) is 2.90. The number of fused-ring (bicyclic) bond motifs is 1. The van der Waals surface area contributed by atoms with E-state index >= 15 is 0 Å². The van der Waals surface area contributed by atoms with Crippen molar-refractivity contribution in [3.8, 4) is 5.00 Å². The molecule has 0 aliphatic heterocycles. The first kappa shape index (κ1) is 12.4. The predicted octanol–water partition coefficient (Wildman–Crippen LogP) is 2.15. The number of tetrazole rings is 1. The van der Waals surface area contributed by atoms with Gasteiger partial charge in [0.25, 0.3) is 0 Å². The largest absolute Gasteiger partial charge is 0.369 e. The lowest BCUT2D eigenvalue weighted by molar-refractivity contribution is 0.630. The topological polar surface area (TPSA) is 65.6 Å². The lowest BCUT2D eigenvalue weighted by Gasteiger charge is -1.93. The summed E-state index contributed by atoms with van der Waals surface area (Å²) in [4.78, 5) is 16.8. The summed E-state index contributed by atoms with van der Waals surface area (Å²) in [7, 11) is 0. The number of thiazole rings is 1. The number of rotatable bonds is 3. The van der Waals surface area contributed by atoms with Crippen molar-refractivity contribution in [3.63, 3.8) is 0 Å². The Hall–Kier alpha value is -2.32. The summed E-state index contributed by atoms with van der Waals surface area (Å²) in [5, 5.41) is 11.3. The maximum absolute atomic E-state index is 12.3. The van der Waals surface area contributed by atoms with E-state index in [9.17, 15) is 4.79 Å². The van der Waals surface area contributed by atoms with Crippen LogP contribution in [0.2, 0.25) is 0 Å². The Balaban J connectivity index is 1.70. The third kappa shape index (κ3) is 2.18. The second-order valence-electron chi connectivity index (χ2n) is 4.36. The number of nitrogens with zero attached hydrogens (tertiary/aromatic N) is 5. The van der Waals surface area contributed by atoms with E-state index in [1.54, 1.807) is 11.3 Å². The summed E-state index contributed by atoms with van der Waals surface area (Å²) in [5.41, 5.74) is 0.688. The molecule has 0 atom stereocenters. The molecular weight excluding hydrogens is 306 g/mol. The van der Waals surface area contributed by atoms with Crippen LogP contribution < -0.4 is 5.69 Å². The van der Waals surface area contributed by atoms with E-state index in [-0.39, 0.29) is 5.69 Å². The van der Waals surface area contributed by atoms with E-state index in [1.807, 2.05) is 41.8 Å². The molecule has 0 unspecified atom stereocenters. The first-order chi connectivity index (χ1) is 10.3. The highest BCUT2D eigenvalue weighted by Gasteiger charge is 2.12. The molecule has 104 valence electrons. The van der Waals surface area contributed by atoms with Crippen molar-refractivity contribution in [3.05, 3.63) is 57.3 Å². The third-order valence-electron chi connectivity index (χ3n) is 2.98. The van der Waals surface area contributed by atoms with Gasteiger partial charge in [-0.25, -0.2) is 9.78 Å². The van der Waals surface area contributed by atoms with E-state index in [0.717, 1.165) is 20.2 Å². The Morgan fingerprint density at radius 3 is 2.81 bits per heavy atom. The molecule has 3 aromatic heterocycles. The van der Waals surface area contributed by atoms with E-state index in [4.69, 9.17) is 0 Å². The third-order valence-corrected chi connectivity index (χ3v) is 4.84. The van der Waals surface area contributed by atoms with Gasteiger partial charge in [0.05, 0.1) is 10.2 Å². The molecule has 0 N–H and O–H groups in total. The van der Waals surface area contributed by atoms with Gasteiger partial charge < -0.3 is 0 Å². The molecule has 4 aromatic rings. The predicted molar refractivity (Wildman–Crippen MR) is 82.2 cm³/mol. The summed E-state index contributed by atoms with van der Waals surface area (Å²) < 4.78 is 3.74. The zero-order valence-electron chi connectivity index (χ0n) is 10.7. The highest BCUT2D eigenvalue weighted by molar-refractivity contribution is 7.18. The molecule has 0 saturated carbocycles. The van der Waals surface area contributed by atoms with E-state index in [0.29, 0.717) is 6.54 Å². The summed E-state index contributed by atoms with van der Waals surface area (Å²) in [5.74, 6) is 0. The molecule has 0 aliphatic carbocycles. The van der Waals surface area contributed by atoms with Gasteiger partial charge in [-0.1, -0.05) is 12.1 Å². The van der Waals surface area contributed by atoms with Crippen LogP contribution in [0.1, 0.15) is 5.01 Å². The highest BCUT2D eigenvalue weighted by atomic mass is 32.1. The van der Waals surface area contributed by atoms with Crippen molar-refractivity contribution in [1.29, 1.82) is 0 Å². The second kappa shape index (κ2) is 4.90. The Labute approximate surface area is 126 Å². The first-order valence-corrected chi connectivity index (χ1v) is 7.92. The summed E-state index contributed by atoms with van der Waals surface area (Å²) in [6.45, 7) is 0.337. The van der Waals surface area contributed by atoms with Crippen molar-refractivity contribution in [2.24, 2.45) is 0 Å². The van der Waals surface area contributed by atoms with Crippen molar-refractivity contribution in [1.82, 2.24) is 24.8 Å². The maximum atomic E-state index is 12.3. The van der Waals surface area contributed by atoms with Crippen molar-refractivity contribution >= 4 is 32.9 Å². The number of hydrogen-bond acceptors (Lipinski definition) is 6. The minimum Gasteiger partial charge on any atom is -0.244 e. The van der Waals surface area contributed by atoms with Crippen LogP contribution in [0.25, 0.3) is 15.2 Å². The van der Waals surface area contributed by atoms with Gasteiger partial charge in [-0.3, -0.25) is 0 Å². The number of para-hydroxylation sites is 1. The molecule has 3 heterocycles. The van der Waals surface area contributed by atoms with Crippen LogP contribution in [0.3, 0.4) is 0 Å². The Bertz CT molecular complexity index is 917. The van der Waals surface area contributed by atoms with Crippen LogP contribution in [0.15, 0.2) is 46.6 Å². The monoisotopic (exact) mass is 315 g/mol. The van der Waals surface area contributed by atoms with Crippen LogP contribution >= 0.6 is 22.7 Å². The van der Waals surface area contributed by atoms with E-state index in [2.05, 4.69) is 15.4 Å². The molecule has 8 heteroatoms. The minimum atomic E-state index is -0.253. The van der Waals surface area contributed by atoms with Crippen LogP contribution in [-0.2, 0) is 6.54 Å². The molecule has 0 bridgehead atoms. The normalized spacial score (nSPS) is 11.2. The van der Waals surface area contributed by atoms with E-state index < -0.39 is 0 Å². The van der Waals surface area contributed by atoms with Crippen LogP contribution in [0.4, 0.5) is 0 Å². The molecule has 6 nitrogen and oxygen atoms in total. The summed E-state index contributed by atoms with van der Waals surface area (Å²) >= 11 is 3.01. The number of hydrogen-bond donors (Lipinski definition) is 0. The van der Waals surface area contributed by atoms with Gasteiger partial charge in [-0.15, -0.1) is 22.7 Å². The molecule has 1 aromatic carbocycles. The molecule has 0 aliphatic rings. The highest BCUT2D eigenvalue weighted by Crippen LogP contribution is 2.21. The molecule has 4 rings (SSSR count). The number of benzene rings is 1. The van der Waals surface area contributed by atoms with Gasteiger partial charge in [0, 0.05) is 0 Å². The number of aromatic nitrogens is 5. The Morgan fingerprint density at radius 1 is 1.10 bits per heavy atom. The quantitative estimate of drug-likeness (QED) is 0.581. The second-order valence-corrected chi connectivity index (χ2v) is 6.40. The van der Waals surface area contributed by atoms with Gasteiger partial charge in [-0.2, -0.15) is 9.36 Å². The molecule has 0 radical (unpaired) electrons. The van der Waals surface area contributed by atoms with Crippen LogP contribution in [0.5, 0.6) is 0 Å². The SMILES string of the molecule is O=c1n(Cc2nc3ccccc3s2)nnn1-c1cccs1. The zero-order chi connectivity index (χ0) is 14.2. The van der Waals surface area contributed by atoms with Gasteiger partial charge in [0.2, 0.25) is 0 Å². The molecule has 0 amide bonds. The average molecular weight is 315 g/mol. The first-order valence-electron chi connectivity index (χ1n) is 6.22. The van der Waals surface area contributed by atoms with Crippen molar-refractivity contribution in [2.45, 2.75) is 6.54 Å². The standard InChI is InChI=1S/C13H9N5OS2/c19-13-17(15-16-18(13)12-6-3-7-20-12)8-11-14-9-4-1-2-5-10(9)21-11/h1-7H,8H2. The summed E-state index contributed by atoms with van der Waals surface area (Å²) in [6.07, 6.45) is 0. The van der Waals surface area contributed by atoms with E-state index in [1.165, 1.54) is 20.7 Å². The van der Waals surface area contributed by atoms with Gasteiger partial charge >= 0.3 is 5.69 Å². The fourth-order valence-electron chi connectivity index (χ4n) is 2.02. The Morgan fingerprint density at radius 2 is 2.00 bits per heavy atom. The lowest BCUT2D eigenvalue weighted by Crippen LogP contribution is -2.24. The minimum absolute atomic E-state index is 0.253. The van der Waals surface area contributed by atoms with Crippen molar-refractivity contribution < 1.29 is 0 Å². The fraction of sp³-hybridized carbons (Fsp3) is 0.0769. The molecule has 0 saturated heterocycles. The molecule has 0 spiro atoms. The van der Waals surface area contributed by atoms with Gasteiger partial charge in [0.15, 0.2) is 0 Å². The molecule has 0 fully saturated rings. The van der Waals surface area contributed by atoms with Gasteiger partial charge in [0.1, 0.15) is 16.6 Å².